The second kappa shape index (κ2) is 9.03. The Morgan fingerprint density at radius 1 is 0.541 bits per heavy atom. The van der Waals surface area contributed by atoms with Gasteiger partial charge in [0.25, 0.3) is 0 Å². The normalized spacial score (nSPS) is 11.2. The van der Waals surface area contributed by atoms with E-state index >= 15 is 0 Å². The Hall–Kier alpha value is -4.76. The lowest BCUT2D eigenvalue weighted by molar-refractivity contribution is 0.476. The van der Waals surface area contributed by atoms with Crippen LogP contribution in [0, 0.1) is 13.8 Å². The first-order valence-electron chi connectivity index (χ1n) is 12.3. The fourth-order valence-electron chi connectivity index (χ4n) is 5.02. The molecule has 3 heteroatoms. The monoisotopic (exact) mass is 482 g/mol. The molecular weight excluding hydrogens is 456 g/mol. The molecule has 2 N–H and O–H groups in total. The molecule has 0 radical (unpaired) electrons. The van der Waals surface area contributed by atoms with Crippen LogP contribution in [-0.4, -0.2) is 10.2 Å². The minimum Gasteiger partial charge on any atom is -0.507 e. The third kappa shape index (κ3) is 4.05. The van der Waals surface area contributed by atoms with Crippen LogP contribution in [0.2, 0.25) is 0 Å². The van der Waals surface area contributed by atoms with Gasteiger partial charge >= 0.3 is 0 Å². The maximum absolute atomic E-state index is 11.1. The van der Waals surface area contributed by atoms with Crippen molar-refractivity contribution in [3.8, 4) is 45.3 Å². The standard InChI is InChI=1S/C34H26O3/c1-21-11-14-29(30-15-12-23-8-4-6-10-26(23)34(30)36)33(19-21)37-24-13-16-28-31(20-24)27(17-18-32(28)35)25-9-5-3-7-22(25)2/h3-20,35-36H,1-2H3. The Kier molecular flexibility index (Phi) is 5.54. The zero-order chi connectivity index (χ0) is 25.5. The molecule has 0 spiro atoms. The van der Waals surface area contributed by atoms with Crippen LogP contribution in [0.4, 0.5) is 0 Å². The van der Waals surface area contributed by atoms with Crippen molar-refractivity contribution in [1.29, 1.82) is 0 Å². The molecule has 0 unspecified atom stereocenters. The van der Waals surface area contributed by atoms with E-state index in [0.29, 0.717) is 17.1 Å². The van der Waals surface area contributed by atoms with Gasteiger partial charge in [0.05, 0.1) is 0 Å². The van der Waals surface area contributed by atoms with Crippen LogP contribution in [0.5, 0.6) is 23.0 Å². The van der Waals surface area contributed by atoms with E-state index in [-0.39, 0.29) is 11.5 Å². The molecule has 0 aliphatic carbocycles. The van der Waals surface area contributed by atoms with Gasteiger partial charge < -0.3 is 14.9 Å². The number of phenolic OH excluding ortho intramolecular Hbond substituents is 2. The summed E-state index contributed by atoms with van der Waals surface area (Å²) >= 11 is 0. The molecule has 0 heterocycles. The number of benzene rings is 6. The summed E-state index contributed by atoms with van der Waals surface area (Å²) in [7, 11) is 0. The third-order valence-electron chi connectivity index (χ3n) is 6.96. The molecule has 0 saturated heterocycles. The lowest BCUT2D eigenvalue weighted by Gasteiger charge is -2.16. The molecule has 180 valence electrons. The molecule has 0 atom stereocenters. The minimum absolute atomic E-state index is 0.233. The summed E-state index contributed by atoms with van der Waals surface area (Å²) in [5, 5.41) is 25.2. The number of hydrogen-bond donors (Lipinski definition) is 2. The summed E-state index contributed by atoms with van der Waals surface area (Å²) in [6.07, 6.45) is 0. The van der Waals surface area contributed by atoms with Crippen LogP contribution >= 0.6 is 0 Å². The fourth-order valence-corrected chi connectivity index (χ4v) is 5.02. The average molecular weight is 483 g/mol. The van der Waals surface area contributed by atoms with E-state index in [2.05, 4.69) is 19.1 Å². The van der Waals surface area contributed by atoms with Crippen molar-refractivity contribution >= 4 is 21.5 Å². The lowest BCUT2D eigenvalue weighted by atomic mass is 9.94. The summed E-state index contributed by atoms with van der Waals surface area (Å²) in [5.74, 6) is 1.77. The molecule has 3 nitrogen and oxygen atoms in total. The molecular formula is C34H26O3. The average Bonchev–Trinajstić information content (AvgIpc) is 2.90. The summed E-state index contributed by atoms with van der Waals surface area (Å²) < 4.78 is 6.49. The quantitative estimate of drug-likeness (QED) is 0.263. The Labute approximate surface area is 215 Å². The van der Waals surface area contributed by atoms with E-state index in [1.807, 2.05) is 97.9 Å². The highest BCUT2D eigenvalue weighted by atomic mass is 16.5. The molecule has 0 saturated carbocycles. The third-order valence-corrected chi connectivity index (χ3v) is 6.96. The van der Waals surface area contributed by atoms with Gasteiger partial charge in [0.2, 0.25) is 0 Å². The Balaban J connectivity index is 1.49. The van der Waals surface area contributed by atoms with E-state index in [1.54, 1.807) is 6.07 Å². The molecule has 0 aromatic heterocycles. The molecule has 6 aromatic carbocycles. The predicted molar refractivity (Wildman–Crippen MR) is 152 cm³/mol. The second-order valence-electron chi connectivity index (χ2n) is 9.44. The van der Waals surface area contributed by atoms with Crippen LogP contribution in [0.3, 0.4) is 0 Å². The SMILES string of the molecule is Cc1ccc(-c2ccc3ccccc3c2O)c(Oc2ccc3c(O)ccc(-c4ccccc4C)c3c2)c1. The van der Waals surface area contributed by atoms with Gasteiger partial charge in [-0.1, -0.05) is 72.8 Å². The van der Waals surface area contributed by atoms with Gasteiger partial charge in [-0.25, -0.2) is 0 Å². The van der Waals surface area contributed by atoms with Crippen molar-refractivity contribution < 1.29 is 14.9 Å². The Bertz CT molecular complexity index is 1800. The van der Waals surface area contributed by atoms with Crippen molar-refractivity contribution in [2.45, 2.75) is 13.8 Å². The van der Waals surface area contributed by atoms with E-state index in [9.17, 15) is 10.2 Å². The van der Waals surface area contributed by atoms with Crippen molar-refractivity contribution in [3.05, 3.63) is 120 Å². The number of fused-ring (bicyclic) bond motifs is 2. The summed E-state index contributed by atoms with van der Waals surface area (Å²) in [5.41, 5.74) is 5.89. The Morgan fingerprint density at radius 3 is 2.16 bits per heavy atom. The number of hydrogen-bond acceptors (Lipinski definition) is 3. The number of aromatic hydroxyl groups is 2. The minimum atomic E-state index is 0.233. The van der Waals surface area contributed by atoms with Gasteiger partial charge in [0.1, 0.15) is 23.0 Å². The highest BCUT2D eigenvalue weighted by Crippen LogP contribution is 2.43. The van der Waals surface area contributed by atoms with Gasteiger partial charge in [0, 0.05) is 21.9 Å². The highest BCUT2D eigenvalue weighted by molar-refractivity contribution is 6.01. The van der Waals surface area contributed by atoms with Crippen LogP contribution in [-0.2, 0) is 0 Å². The van der Waals surface area contributed by atoms with E-state index in [0.717, 1.165) is 49.4 Å². The molecule has 0 aliphatic rings. The number of ether oxygens (including phenoxy) is 1. The smallest absolute Gasteiger partial charge is 0.135 e. The van der Waals surface area contributed by atoms with Crippen molar-refractivity contribution in [2.24, 2.45) is 0 Å². The molecule has 6 aromatic rings. The summed E-state index contributed by atoms with van der Waals surface area (Å²) in [6.45, 7) is 4.11. The largest absolute Gasteiger partial charge is 0.507 e. The lowest BCUT2D eigenvalue weighted by Crippen LogP contribution is -1.92. The van der Waals surface area contributed by atoms with E-state index < -0.39 is 0 Å². The zero-order valence-corrected chi connectivity index (χ0v) is 20.7. The molecule has 0 amide bonds. The first-order chi connectivity index (χ1) is 18.0. The number of aryl methyl sites for hydroxylation is 2. The van der Waals surface area contributed by atoms with Gasteiger partial charge in [-0.15, -0.1) is 0 Å². The maximum atomic E-state index is 11.1. The first-order valence-corrected chi connectivity index (χ1v) is 12.3. The van der Waals surface area contributed by atoms with Crippen LogP contribution in [0.25, 0.3) is 43.8 Å². The van der Waals surface area contributed by atoms with Crippen LogP contribution < -0.4 is 4.74 Å². The van der Waals surface area contributed by atoms with E-state index in [4.69, 9.17) is 4.74 Å². The zero-order valence-electron chi connectivity index (χ0n) is 20.7. The molecule has 0 aliphatic heterocycles. The van der Waals surface area contributed by atoms with Crippen LogP contribution in [0.15, 0.2) is 109 Å². The van der Waals surface area contributed by atoms with Gasteiger partial charge in [0.15, 0.2) is 0 Å². The van der Waals surface area contributed by atoms with Crippen LogP contribution in [0.1, 0.15) is 11.1 Å². The second-order valence-corrected chi connectivity index (χ2v) is 9.44. The fraction of sp³-hybridized carbons (Fsp3) is 0.0588. The molecule has 0 bridgehead atoms. The van der Waals surface area contributed by atoms with Crippen molar-refractivity contribution in [3.63, 3.8) is 0 Å². The molecule has 0 fully saturated rings. The summed E-state index contributed by atoms with van der Waals surface area (Å²) in [4.78, 5) is 0. The highest BCUT2D eigenvalue weighted by Gasteiger charge is 2.16. The number of rotatable bonds is 4. The topological polar surface area (TPSA) is 49.7 Å². The number of phenols is 2. The van der Waals surface area contributed by atoms with Crippen molar-refractivity contribution in [1.82, 2.24) is 0 Å². The molecule has 37 heavy (non-hydrogen) atoms. The van der Waals surface area contributed by atoms with Gasteiger partial charge in [-0.05, 0) is 83.3 Å². The van der Waals surface area contributed by atoms with Crippen molar-refractivity contribution in [2.75, 3.05) is 0 Å². The first kappa shape index (κ1) is 22.7. The summed E-state index contributed by atoms with van der Waals surface area (Å²) in [6, 6.07) is 35.4. The maximum Gasteiger partial charge on any atom is 0.135 e. The predicted octanol–water partition coefficient (Wildman–Crippen LogP) is 9.15. The molecule has 6 rings (SSSR count). The van der Waals surface area contributed by atoms with E-state index in [1.165, 1.54) is 0 Å². The van der Waals surface area contributed by atoms with Gasteiger partial charge in [-0.2, -0.15) is 0 Å². The van der Waals surface area contributed by atoms with Gasteiger partial charge in [-0.3, -0.25) is 0 Å². The Morgan fingerprint density at radius 2 is 1.30 bits per heavy atom.